The maximum absolute atomic E-state index is 12.4. The first kappa shape index (κ1) is 18.1. The number of nitrogens with one attached hydrogen (secondary N) is 2. The number of hydrogen-bond donors (Lipinski definition) is 2. The van der Waals surface area contributed by atoms with Crippen molar-refractivity contribution in [3.8, 4) is 6.07 Å². The quantitative estimate of drug-likeness (QED) is 0.716. The number of carbonyl (C=O) groups excluding carboxylic acids is 2. The Balaban J connectivity index is 1.73. The third-order valence-electron chi connectivity index (χ3n) is 3.57. The summed E-state index contributed by atoms with van der Waals surface area (Å²) in [5.74, 6) is -0.914. The average molecular weight is 377 g/mol. The number of nitrogens with zero attached hydrogens (tertiary/aromatic N) is 2. The van der Waals surface area contributed by atoms with Gasteiger partial charge in [-0.05, 0) is 54.6 Å². The van der Waals surface area contributed by atoms with Gasteiger partial charge in [-0.3, -0.25) is 9.59 Å². The van der Waals surface area contributed by atoms with Crippen LogP contribution in [-0.4, -0.2) is 16.8 Å². The molecule has 132 valence electrons. The third-order valence-corrected chi connectivity index (χ3v) is 3.80. The summed E-state index contributed by atoms with van der Waals surface area (Å²) in [7, 11) is 0. The number of amides is 2. The molecule has 3 aromatic rings. The first-order chi connectivity index (χ1) is 13.0. The number of rotatable bonds is 4. The molecular weight excluding hydrogens is 364 g/mol. The highest BCUT2D eigenvalue weighted by Crippen LogP contribution is 2.16. The van der Waals surface area contributed by atoms with Gasteiger partial charge in [0.25, 0.3) is 11.8 Å². The Morgan fingerprint density at radius 3 is 2.04 bits per heavy atom. The Morgan fingerprint density at radius 1 is 0.852 bits per heavy atom. The van der Waals surface area contributed by atoms with Crippen LogP contribution in [0.3, 0.4) is 0 Å². The molecule has 0 atom stereocenters. The summed E-state index contributed by atoms with van der Waals surface area (Å²) in [6.07, 6.45) is 0. The summed E-state index contributed by atoms with van der Waals surface area (Å²) < 4.78 is 0. The molecule has 0 saturated heterocycles. The number of pyridine rings is 1. The normalized spacial score (nSPS) is 9.93. The van der Waals surface area contributed by atoms with Crippen molar-refractivity contribution in [2.24, 2.45) is 0 Å². The van der Waals surface area contributed by atoms with Crippen LogP contribution in [0.1, 0.15) is 26.5 Å². The van der Waals surface area contributed by atoms with Crippen LogP contribution in [-0.2, 0) is 0 Å². The van der Waals surface area contributed by atoms with E-state index in [9.17, 15) is 9.59 Å². The van der Waals surface area contributed by atoms with Gasteiger partial charge in [0.2, 0.25) is 0 Å². The van der Waals surface area contributed by atoms with E-state index < -0.39 is 11.8 Å². The average Bonchev–Trinajstić information content (AvgIpc) is 2.68. The minimum absolute atomic E-state index is 0.0955. The number of aromatic nitrogens is 1. The second kappa shape index (κ2) is 8.13. The predicted molar refractivity (Wildman–Crippen MR) is 103 cm³/mol. The third kappa shape index (κ3) is 4.69. The Kier molecular flexibility index (Phi) is 5.45. The van der Waals surface area contributed by atoms with Crippen molar-refractivity contribution in [1.29, 1.82) is 5.26 Å². The molecule has 3 rings (SSSR count). The van der Waals surface area contributed by atoms with E-state index in [2.05, 4.69) is 15.6 Å². The molecule has 0 bridgehead atoms. The van der Waals surface area contributed by atoms with Gasteiger partial charge in [0.15, 0.2) is 0 Å². The molecule has 2 amide bonds. The summed E-state index contributed by atoms with van der Waals surface area (Å²) >= 11 is 5.90. The number of hydrogen-bond acceptors (Lipinski definition) is 4. The first-order valence-corrected chi connectivity index (χ1v) is 8.28. The van der Waals surface area contributed by atoms with Gasteiger partial charge in [-0.2, -0.15) is 5.26 Å². The predicted octanol–water partition coefficient (Wildman–Crippen LogP) is 4.11. The molecule has 0 unspecified atom stereocenters. The zero-order chi connectivity index (χ0) is 19.2. The van der Waals surface area contributed by atoms with Crippen molar-refractivity contribution < 1.29 is 9.59 Å². The van der Waals surface area contributed by atoms with E-state index in [4.69, 9.17) is 16.9 Å². The molecule has 7 heteroatoms. The molecule has 1 aromatic heterocycles. The fourth-order valence-corrected chi connectivity index (χ4v) is 2.46. The summed E-state index contributed by atoms with van der Waals surface area (Å²) in [4.78, 5) is 28.8. The van der Waals surface area contributed by atoms with E-state index >= 15 is 0 Å². The zero-order valence-corrected chi connectivity index (χ0v) is 14.7. The SMILES string of the molecule is N#Cc1ccc(NC(=O)c2cccc(C(=O)Nc3cccc(Cl)c3)n2)cc1. The Labute approximate surface area is 160 Å². The minimum Gasteiger partial charge on any atom is -0.321 e. The maximum Gasteiger partial charge on any atom is 0.274 e. The van der Waals surface area contributed by atoms with Crippen LogP contribution in [0.5, 0.6) is 0 Å². The molecule has 1 heterocycles. The van der Waals surface area contributed by atoms with Crippen molar-refractivity contribution in [1.82, 2.24) is 4.98 Å². The van der Waals surface area contributed by atoms with Crippen LogP contribution in [0.2, 0.25) is 5.02 Å². The monoisotopic (exact) mass is 376 g/mol. The Hall–Kier alpha value is -3.69. The van der Waals surface area contributed by atoms with Crippen LogP contribution >= 0.6 is 11.6 Å². The molecule has 0 aliphatic rings. The van der Waals surface area contributed by atoms with Crippen molar-refractivity contribution in [3.63, 3.8) is 0 Å². The lowest BCUT2D eigenvalue weighted by atomic mass is 10.2. The van der Waals surface area contributed by atoms with Gasteiger partial charge in [-0.25, -0.2) is 4.98 Å². The lowest BCUT2D eigenvalue weighted by Gasteiger charge is -2.08. The molecule has 0 radical (unpaired) electrons. The van der Waals surface area contributed by atoms with Crippen LogP contribution in [0.4, 0.5) is 11.4 Å². The fourth-order valence-electron chi connectivity index (χ4n) is 2.27. The van der Waals surface area contributed by atoms with E-state index in [1.165, 1.54) is 12.1 Å². The number of carbonyl (C=O) groups is 2. The summed E-state index contributed by atoms with van der Waals surface area (Å²) in [5, 5.41) is 14.6. The number of anilines is 2. The Morgan fingerprint density at radius 2 is 1.44 bits per heavy atom. The van der Waals surface area contributed by atoms with Crippen LogP contribution < -0.4 is 10.6 Å². The fraction of sp³-hybridized carbons (Fsp3) is 0. The summed E-state index contributed by atoms with van der Waals surface area (Å²) in [6, 6.07) is 19.8. The number of benzene rings is 2. The van der Waals surface area contributed by atoms with Crippen LogP contribution in [0.15, 0.2) is 66.7 Å². The largest absolute Gasteiger partial charge is 0.321 e. The maximum atomic E-state index is 12.4. The molecule has 0 fully saturated rings. The van der Waals surface area contributed by atoms with E-state index in [0.29, 0.717) is 22.0 Å². The number of nitriles is 1. The molecule has 0 saturated carbocycles. The second-order valence-electron chi connectivity index (χ2n) is 5.52. The van der Waals surface area contributed by atoms with E-state index in [0.717, 1.165) is 0 Å². The van der Waals surface area contributed by atoms with Crippen molar-refractivity contribution in [2.75, 3.05) is 10.6 Å². The highest BCUT2D eigenvalue weighted by molar-refractivity contribution is 6.31. The molecular formula is C20H13ClN4O2. The number of halogens is 1. The minimum atomic E-state index is -0.461. The van der Waals surface area contributed by atoms with E-state index in [1.807, 2.05) is 6.07 Å². The standard InChI is InChI=1S/C20H13ClN4O2/c21-14-3-1-4-16(11-14)24-20(27)18-6-2-5-17(25-18)19(26)23-15-9-7-13(12-22)8-10-15/h1-11H,(H,23,26)(H,24,27). The van der Waals surface area contributed by atoms with Gasteiger partial charge in [0.1, 0.15) is 11.4 Å². The zero-order valence-electron chi connectivity index (χ0n) is 13.9. The lowest BCUT2D eigenvalue weighted by molar-refractivity contribution is 0.101. The highest BCUT2D eigenvalue weighted by atomic mass is 35.5. The lowest BCUT2D eigenvalue weighted by Crippen LogP contribution is -2.18. The van der Waals surface area contributed by atoms with Crippen molar-refractivity contribution in [3.05, 3.63) is 88.7 Å². The first-order valence-electron chi connectivity index (χ1n) is 7.90. The van der Waals surface area contributed by atoms with Crippen LogP contribution in [0, 0.1) is 11.3 Å². The molecule has 27 heavy (non-hydrogen) atoms. The molecule has 2 aromatic carbocycles. The van der Waals surface area contributed by atoms with Gasteiger partial charge in [-0.1, -0.05) is 23.7 Å². The Bertz CT molecular complexity index is 1040. The summed E-state index contributed by atoms with van der Waals surface area (Å²) in [5.41, 5.74) is 1.74. The topological polar surface area (TPSA) is 94.9 Å². The van der Waals surface area contributed by atoms with Crippen molar-refractivity contribution >= 4 is 34.8 Å². The molecule has 0 aliphatic carbocycles. The molecule has 0 aliphatic heterocycles. The van der Waals surface area contributed by atoms with Crippen molar-refractivity contribution in [2.45, 2.75) is 0 Å². The highest BCUT2D eigenvalue weighted by Gasteiger charge is 2.13. The molecule has 2 N–H and O–H groups in total. The molecule has 6 nitrogen and oxygen atoms in total. The van der Waals surface area contributed by atoms with E-state index in [-0.39, 0.29) is 11.4 Å². The smallest absolute Gasteiger partial charge is 0.274 e. The van der Waals surface area contributed by atoms with Gasteiger partial charge in [0, 0.05) is 16.4 Å². The van der Waals surface area contributed by atoms with E-state index in [1.54, 1.807) is 54.6 Å². The van der Waals surface area contributed by atoms with Gasteiger partial charge in [-0.15, -0.1) is 0 Å². The van der Waals surface area contributed by atoms with Gasteiger partial charge >= 0.3 is 0 Å². The molecule has 0 spiro atoms. The van der Waals surface area contributed by atoms with Gasteiger partial charge in [0.05, 0.1) is 11.6 Å². The van der Waals surface area contributed by atoms with Gasteiger partial charge < -0.3 is 10.6 Å². The van der Waals surface area contributed by atoms with Crippen LogP contribution in [0.25, 0.3) is 0 Å². The summed E-state index contributed by atoms with van der Waals surface area (Å²) in [6.45, 7) is 0. The second-order valence-corrected chi connectivity index (χ2v) is 5.95.